The SMILES string of the molecule is CCC1CCCC2(CC1)C[C@H](N)c1ccccc1O2. The van der Waals surface area contributed by atoms with Gasteiger partial charge >= 0.3 is 0 Å². The van der Waals surface area contributed by atoms with Crippen molar-refractivity contribution in [1.82, 2.24) is 0 Å². The van der Waals surface area contributed by atoms with Crippen LogP contribution >= 0.6 is 0 Å². The molecule has 2 aliphatic rings. The fourth-order valence-corrected chi connectivity index (χ4v) is 3.83. The molecule has 2 nitrogen and oxygen atoms in total. The molecule has 1 aliphatic carbocycles. The van der Waals surface area contributed by atoms with E-state index < -0.39 is 0 Å². The molecule has 0 amide bonds. The van der Waals surface area contributed by atoms with Crippen LogP contribution < -0.4 is 10.5 Å². The summed E-state index contributed by atoms with van der Waals surface area (Å²) in [6, 6.07) is 8.44. The quantitative estimate of drug-likeness (QED) is 0.820. The van der Waals surface area contributed by atoms with Gasteiger partial charge in [-0.05, 0) is 37.7 Å². The number of fused-ring (bicyclic) bond motifs is 1. The van der Waals surface area contributed by atoms with E-state index in [4.69, 9.17) is 10.5 Å². The van der Waals surface area contributed by atoms with Crippen molar-refractivity contribution in [3.05, 3.63) is 29.8 Å². The van der Waals surface area contributed by atoms with Crippen molar-refractivity contribution in [3.8, 4) is 5.75 Å². The monoisotopic (exact) mass is 259 g/mol. The van der Waals surface area contributed by atoms with Gasteiger partial charge in [0.1, 0.15) is 11.4 Å². The molecule has 1 saturated carbocycles. The van der Waals surface area contributed by atoms with Crippen molar-refractivity contribution in [1.29, 1.82) is 0 Å². The smallest absolute Gasteiger partial charge is 0.124 e. The molecule has 1 spiro atoms. The molecule has 3 rings (SSSR count). The second-order valence-electron chi connectivity index (χ2n) is 6.34. The van der Waals surface area contributed by atoms with Crippen LogP contribution in [0.5, 0.6) is 5.75 Å². The lowest BCUT2D eigenvalue weighted by molar-refractivity contribution is 0.0203. The zero-order chi connectivity index (χ0) is 13.3. The van der Waals surface area contributed by atoms with Gasteiger partial charge in [0, 0.05) is 18.0 Å². The largest absolute Gasteiger partial charge is 0.487 e. The van der Waals surface area contributed by atoms with E-state index in [-0.39, 0.29) is 11.6 Å². The molecule has 2 unspecified atom stereocenters. The lowest BCUT2D eigenvalue weighted by Gasteiger charge is -2.41. The van der Waals surface area contributed by atoms with Crippen molar-refractivity contribution < 1.29 is 4.74 Å². The highest BCUT2D eigenvalue weighted by Gasteiger charge is 2.40. The van der Waals surface area contributed by atoms with E-state index in [1.165, 1.54) is 44.1 Å². The molecule has 0 bridgehead atoms. The highest BCUT2D eigenvalue weighted by Crippen LogP contribution is 2.45. The van der Waals surface area contributed by atoms with E-state index in [0.717, 1.165) is 18.1 Å². The molecule has 1 aromatic carbocycles. The molecular formula is C17H25NO. The average molecular weight is 259 g/mol. The normalized spacial score (nSPS) is 34.4. The van der Waals surface area contributed by atoms with Gasteiger partial charge in [0.15, 0.2) is 0 Å². The van der Waals surface area contributed by atoms with Gasteiger partial charge in [0.05, 0.1) is 0 Å². The summed E-state index contributed by atoms with van der Waals surface area (Å²) in [5.74, 6) is 1.91. The lowest BCUT2D eigenvalue weighted by Crippen LogP contribution is -2.42. The zero-order valence-electron chi connectivity index (χ0n) is 11.9. The third kappa shape index (κ3) is 2.51. The highest BCUT2D eigenvalue weighted by atomic mass is 16.5. The molecule has 2 heteroatoms. The van der Waals surface area contributed by atoms with Gasteiger partial charge in [0.25, 0.3) is 0 Å². The van der Waals surface area contributed by atoms with Gasteiger partial charge in [0.2, 0.25) is 0 Å². The Morgan fingerprint density at radius 1 is 1.26 bits per heavy atom. The van der Waals surface area contributed by atoms with Gasteiger partial charge in [-0.2, -0.15) is 0 Å². The van der Waals surface area contributed by atoms with E-state index in [1.807, 2.05) is 0 Å². The van der Waals surface area contributed by atoms with Crippen LogP contribution in [0.4, 0.5) is 0 Å². The van der Waals surface area contributed by atoms with E-state index in [9.17, 15) is 0 Å². The van der Waals surface area contributed by atoms with Crippen LogP contribution in [0, 0.1) is 5.92 Å². The summed E-state index contributed by atoms with van der Waals surface area (Å²) in [4.78, 5) is 0. The van der Waals surface area contributed by atoms with Gasteiger partial charge < -0.3 is 10.5 Å². The molecule has 1 heterocycles. The molecular weight excluding hydrogens is 234 g/mol. The van der Waals surface area contributed by atoms with Crippen molar-refractivity contribution in [2.75, 3.05) is 0 Å². The summed E-state index contributed by atoms with van der Waals surface area (Å²) >= 11 is 0. The van der Waals surface area contributed by atoms with Crippen molar-refractivity contribution in [3.63, 3.8) is 0 Å². The second-order valence-corrected chi connectivity index (χ2v) is 6.34. The number of hydrogen-bond donors (Lipinski definition) is 1. The third-order valence-electron chi connectivity index (χ3n) is 5.07. The third-order valence-corrected chi connectivity index (χ3v) is 5.07. The molecule has 3 atom stereocenters. The van der Waals surface area contributed by atoms with Gasteiger partial charge in [-0.15, -0.1) is 0 Å². The molecule has 2 N–H and O–H groups in total. The molecule has 1 aliphatic heterocycles. The summed E-state index contributed by atoms with van der Waals surface area (Å²) in [5, 5.41) is 0. The fraction of sp³-hybridized carbons (Fsp3) is 0.647. The molecule has 1 fully saturated rings. The Hall–Kier alpha value is -1.02. The predicted molar refractivity (Wildman–Crippen MR) is 78.2 cm³/mol. The van der Waals surface area contributed by atoms with Crippen LogP contribution in [0.15, 0.2) is 24.3 Å². The van der Waals surface area contributed by atoms with Gasteiger partial charge in [-0.3, -0.25) is 0 Å². The average Bonchev–Trinajstić information content (AvgIpc) is 2.61. The minimum absolute atomic E-state index is 0.0116. The first kappa shape index (κ1) is 13.0. The molecule has 19 heavy (non-hydrogen) atoms. The van der Waals surface area contributed by atoms with Crippen LogP contribution in [0.25, 0.3) is 0 Å². The minimum atomic E-state index is 0.0116. The lowest BCUT2D eigenvalue weighted by atomic mass is 9.82. The van der Waals surface area contributed by atoms with Crippen LogP contribution in [-0.4, -0.2) is 5.60 Å². The highest BCUT2D eigenvalue weighted by molar-refractivity contribution is 5.38. The minimum Gasteiger partial charge on any atom is -0.487 e. The number of benzene rings is 1. The first-order valence-corrected chi connectivity index (χ1v) is 7.76. The maximum atomic E-state index is 6.42. The van der Waals surface area contributed by atoms with E-state index in [2.05, 4.69) is 31.2 Å². The first-order valence-electron chi connectivity index (χ1n) is 7.76. The number of hydrogen-bond acceptors (Lipinski definition) is 2. The zero-order valence-corrected chi connectivity index (χ0v) is 11.9. The second kappa shape index (κ2) is 5.16. The topological polar surface area (TPSA) is 35.2 Å². The fourth-order valence-electron chi connectivity index (χ4n) is 3.83. The maximum Gasteiger partial charge on any atom is 0.124 e. The number of ether oxygens (including phenoxy) is 1. The maximum absolute atomic E-state index is 6.42. The molecule has 0 radical (unpaired) electrons. The summed E-state index contributed by atoms with van der Waals surface area (Å²) in [7, 11) is 0. The van der Waals surface area contributed by atoms with E-state index in [1.54, 1.807) is 0 Å². The Morgan fingerprint density at radius 2 is 2.11 bits per heavy atom. The standard InChI is InChI=1S/C17H25NO/c1-2-13-6-5-10-17(11-9-13)12-15(18)14-7-3-4-8-16(14)19-17/h3-4,7-8,13,15H,2,5-6,9-12,18H2,1H3/t13?,15-,17?/m0/s1. The first-order chi connectivity index (χ1) is 9.22. The van der Waals surface area contributed by atoms with Crippen LogP contribution in [0.3, 0.4) is 0 Å². The Morgan fingerprint density at radius 3 is 2.95 bits per heavy atom. The molecule has 0 aromatic heterocycles. The predicted octanol–water partition coefficient (Wildman–Crippen LogP) is 4.20. The summed E-state index contributed by atoms with van der Waals surface area (Å²) in [6.07, 6.45) is 8.58. The summed E-state index contributed by atoms with van der Waals surface area (Å²) < 4.78 is 6.42. The van der Waals surface area contributed by atoms with Gasteiger partial charge in [-0.1, -0.05) is 38.0 Å². The summed E-state index contributed by atoms with van der Waals surface area (Å²) in [5.41, 5.74) is 7.59. The number of para-hydroxylation sites is 1. The van der Waals surface area contributed by atoms with E-state index in [0.29, 0.717) is 0 Å². The Kier molecular flexibility index (Phi) is 3.53. The van der Waals surface area contributed by atoms with Crippen LogP contribution in [0.2, 0.25) is 0 Å². The number of nitrogens with two attached hydrogens (primary N) is 1. The molecule has 0 saturated heterocycles. The number of rotatable bonds is 1. The van der Waals surface area contributed by atoms with Crippen molar-refractivity contribution in [2.45, 2.75) is 63.5 Å². The Labute approximate surface area is 116 Å². The molecule has 1 aromatic rings. The van der Waals surface area contributed by atoms with Crippen LogP contribution in [-0.2, 0) is 0 Å². The molecule has 104 valence electrons. The van der Waals surface area contributed by atoms with Crippen LogP contribution in [0.1, 0.15) is 63.5 Å². The Balaban J connectivity index is 1.83. The Bertz CT molecular complexity index is 445. The van der Waals surface area contributed by atoms with E-state index >= 15 is 0 Å². The van der Waals surface area contributed by atoms with Gasteiger partial charge in [-0.25, -0.2) is 0 Å². The van der Waals surface area contributed by atoms with Crippen molar-refractivity contribution in [2.24, 2.45) is 11.7 Å². The summed E-state index contributed by atoms with van der Waals surface area (Å²) in [6.45, 7) is 2.31. The van der Waals surface area contributed by atoms with Crippen molar-refractivity contribution >= 4 is 0 Å².